The van der Waals surface area contributed by atoms with Gasteiger partial charge in [0, 0.05) is 53.4 Å². The molecule has 1 saturated carbocycles. The fraction of sp³-hybridized carbons (Fsp3) is 0.241. The molecule has 0 N–H and O–H groups in total. The van der Waals surface area contributed by atoms with Gasteiger partial charge in [-0.3, -0.25) is 0 Å². The van der Waals surface area contributed by atoms with Crippen LogP contribution in [-0.4, -0.2) is 47.8 Å². The van der Waals surface area contributed by atoms with Crippen LogP contribution in [0.4, 0.5) is 11.6 Å². The lowest BCUT2D eigenvalue weighted by Crippen LogP contribution is -2.47. The van der Waals surface area contributed by atoms with E-state index in [0.29, 0.717) is 5.71 Å². The van der Waals surface area contributed by atoms with Gasteiger partial charge in [-0.2, -0.15) is 0 Å². The zero-order chi connectivity index (χ0) is 24.9. The summed E-state index contributed by atoms with van der Waals surface area (Å²) in [6.45, 7) is 3.26. The van der Waals surface area contributed by atoms with E-state index in [0.717, 1.165) is 88.3 Å². The van der Waals surface area contributed by atoms with Gasteiger partial charge in [0.05, 0.1) is 17.0 Å². The Kier molecular flexibility index (Phi) is 5.43. The highest BCUT2D eigenvalue weighted by Crippen LogP contribution is 2.46. The molecule has 0 atom stereocenters. The van der Waals surface area contributed by atoms with Crippen LogP contribution >= 0.6 is 15.9 Å². The number of carbonyl (C=O) groups excluding carboxylic acids is 1. The van der Waals surface area contributed by atoms with Crippen molar-refractivity contribution in [2.45, 2.75) is 12.8 Å². The molecule has 184 valence electrons. The molecule has 3 aliphatic rings. The number of nitrogens with zero attached hydrogens (tertiary/aromatic N) is 5. The summed E-state index contributed by atoms with van der Waals surface area (Å²) in [6.07, 6.45) is 3.59. The van der Waals surface area contributed by atoms with Crippen molar-refractivity contribution in [2.75, 3.05) is 36.0 Å². The predicted molar refractivity (Wildman–Crippen MR) is 148 cm³/mol. The van der Waals surface area contributed by atoms with Gasteiger partial charge >= 0.3 is 5.97 Å². The number of anilines is 2. The molecule has 37 heavy (non-hydrogen) atoms. The Labute approximate surface area is 222 Å². The molecule has 2 fully saturated rings. The number of fused-ring (bicyclic) bond motifs is 5. The SMILES string of the molecule is O=C(O/N=C1\c2ccccc2-c2c1c(N1CCN(c3ccccn3)CC1)nc1ccc(Br)cc21)C1CC1. The fourth-order valence-electron chi connectivity index (χ4n) is 5.26. The van der Waals surface area contributed by atoms with Crippen molar-refractivity contribution < 1.29 is 9.63 Å². The molecule has 7 nitrogen and oxygen atoms in total. The number of aromatic nitrogens is 2. The van der Waals surface area contributed by atoms with Crippen LogP contribution in [-0.2, 0) is 9.63 Å². The minimum Gasteiger partial charge on any atom is -0.353 e. The number of halogens is 1. The summed E-state index contributed by atoms with van der Waals surface area (Å²) in [5.41, 5.74) is 5.67. The van der Waals surface area contributed by atoms with Crippen molar-refractivity contribution in [3.63, 3.8) is 0 Å². The molecule has 1 aliphatic heterocycles. The van der Waals surface area contributed by atoms with Gasteiger partial charge in [0.15, 0.2) is 0 Å². The molecule has 0 amide bonds. The first kappa shape index (κ1) is 22.4. The molecule has 0 radical (unpaired) electrons. The van der Waals surface area contributed by atoms with Crippen LogP contribution < -0.4 is 9.80 Å². The van der Waals surface area contributed by atoms with E-state index < -0.39 is 0 Å². The van der Waals surface area contributed by atoms with Crippen molar-refractivity contribution >= 4 is 50.1 Å². The summed E-state index contributed by atoms with van der Waals surface area (Å²) in [4.78, 5) is 32.2. The van der Waals surface area contributed by atoms with Crippen LogP contribution in [0.25, 0.3) is 22.0 Å². The molecule has 2 aromatic heterocycles. The third-order valence-corrected chi connectivity index (χ3v) is 7.80. The molecule has 1 saturated heterocycles. The second-order valence-corrected chi connectivity index (χ2v) is 10.6. The maximum atomic E-state index is 12.4. The largest absolute Gasteiger partial charge is 0.353 e. The van der Waals surface area contributed by atoms with Crippen molar-refractivity contribution in [1.82, 2.24) is 9.97 Å². The second kappa shape index (κ2) is 8.95. The summed E-state index contributed by atoms with van der Waals surface area (Å²) in [5.74, 6) is 1.60. The average molecular weight is 554 g/mol. The molecule has 0 spiro atoms. The van der Waals surface area contributed by atoms with Crippen LogP contribution in [0.3, 0.4) is 0 Å². The first-order valence-corrected chi connectivity index (χ1v) is 13.4. The second-order valence-electron chi connectivity index (χ2n) is 9.68. The highest BCUT2D eigenvalue weighted by molar-refractivity contribution is 9.10. The summed E-state index contributed by atoms with van der Waals surface area (Å²) in [6, 6.07) is 20.4. The van der Waals surface area contributed by atoms with E-state index in [-0.39, 0.29) is 11.9 Å². The van der Waals surface area contributed by atoms with E-state index in [4.69, 9.17) is 9.82 Å². The summed E-state index contributed by atoms with van der Waals surface area (Å²) >= 11 is 3.64. The molecular formula is C29H24BrN5O2. The quantitative estimate of drug-likeness (QED) is 0.219. The van der Waals surface area contributed by atoms with Gasteiger partial charge in [0.25, 0.3) is 0 Å². The minimum atomic E-state index is -0.250. The lowest BCUT2D eigenvalue weighted by molar-refractivity contribution is -0.145. The van der Waals surface area contributed by atoms with Gasteiger partial charge in [0.1, 0.15) is 17.3 Å². The number of hydrogen-bond acceptors (Lipinski definition) is 7. The molecular weight excluding hydrogens is 530 g/mol. The van der Waals surface area contributed by atoms with E-state index in [2.05, 4.69) is 60.1 Å². The fourth-order valence-corrected chi connectivity index (χ4v) is 5.63. The van der Waals surface area contributed by atoms with E-state index in [1.807, 2.05) is 42.6 Å². The van der Waals surface area contributed by atoms with E-state index in [9.17, 15) is 4.79 Å². The first-order valence-electron chi connectivity index (χ1n) is 12.6. The Morgan fingerprint density at radius 3 is 2.43 bits per heavy atom. The average Bonchev–Trinajstić information content (AvgIpc) is 3.74. The van der Waals surface area contributed by atoms with Crippen LogP contribution in [0.15, 0.2) is 76.5 Å². The number of piperazine rings is 1. The summed E-state index contributed by atoms with van der Waals surface area (Å²) in [7, 11) is 0. The van der Waals surface area contributed by atoms with Crippen LogP contribution in [0.5, 0.6) is 0 Å². The maximum Gasteiger partial charge on any atom is 0.338 e. The number of pyridine rings is 2. The van der Waals surface area contributed by atoms with Crippen molar-refractivity contribution in [1.29, 1.82) is 0 Å². The molecule has 7 rings (SSSR count). The number of carbonyl (C=O) groups is 1. The highest BCUT2D eigenvalue weighted by Gasteiger charge is 2.36. The number of hydrogen-bond donors (Lipinski definition) is 0. The van der Waals surface area contributed by atoms with E-state index in [1.165, 1.54) is 0 Å². The molecule has 0 bridgehead atoms. The van der Waals surface area contributed by atoms with Crippen LogP contribution in [0, 0.1) is 5.92 Å². The van der Waals surface area contributed by atoms with Gasteiger partial charge < -0.3 is 14.6 Å². The third-order valence-electron chi connectivity index (χ3n) is 7.31. The maximum absolute atomic E-state index is 12.4. The number of benzene rings is 2. The predicted octanol–water partition coefficient (Wildman–Crippen LogP) is 5.40. The molecule has 2 aromatic carbocycles. The van der Waals surface area contributed by atoms with Crippen LogP contribution in [0.2, 0.25) is 0 Å². The van der Waals surface area contributed by atoms with Gasteiger partial charge in [-0.05, 0) is 48.7 Å². The Balaban J connectivity index is 1.35. The van der Waals surface area contributed by atoms with Crippen molar-refractivity contribution in [3.8, 4) is 11.1 Å². The van der Waals surface area contributed by atoms with Crippen LogP contribution in [0.1, 0.15) is 24.0 Å². The molecule has 0 unspecified atom stereocenters. The topological polar surface area (TPSA) is 70.9 Å². The van der Waals surface area contributed by atoms with Gasteiger partial charge in [-0.25, -0.2) is 14.8 Å². The number of oxime groups is 1. The minimum absolute atomic E-state index is 0.0229. The zero-order valence-corrected chi connectivity index (χ0v) is 21.7. The van der Waals surface area contributed by atoms with E-state index >= 15 is 0 Å². The normalized spacial score (nSPS) is 17.7. The van der Waals surface area contributed by atoms with Gasteiger partial charge in [-0.15, -0.1) is 0 Å². The van der Waals surface area contributed by atoms with Crippen molar-refractivity contribution in [3.05, 3.63) is 82.5 Å². The summed E-state index contributed by atoms with van der Waals surface area (Å²) < 4.78 is 0.990. The number of rotatable bonds is 4. The lowest BCUT2D eigenvalue weighted by atomic mass is 10.0. The Morgan fingerprint density at radius 2 is 1.68 bits per heavy atom. The van der Waals surface area contributed by atoms with Gasteiger partial charge in [-0.1, -0.05) is 51.4 Å². The molecule has 4 aromatic rings. The third kappa shape index (κ3) is 3.96. The Hall–Kier alpha value is -3.78. The standard InChI is InChI=1S/C29H24BrN5O2/c30-19-10-11-23-22(17-19)25-20-5-1-2-6-21(20)27(33-37-29(36)18-8-9-18)26(25)28(32-23)35-15-13-34(14-16-35)24-7-3-4-12-31-24/h1-7,10-12,17-18H,8-9,13-16H2/b33-27+. The molecule has 3 heterocycles. The Bertz CT molecular complexity index is 1560. The summed E-state index contributed by atoms with van der Waals surface area (Å²) in [5, 5.41) is 5.53. The molecule has 2 aliphatic carbocycles. The molecule has 8 heteroatoms. The monoisotopic (exact) mass is 553 g/mol. The Morgan fingerprint density at radius 1 is 0.919 bits per heavy atom. The van der Waals surface area contributed by atoms with Crippen molar-refractivity contribution in [2.24, 2.45) is 11.1 Å². The smallest absolute Gasteiger partial charge is 0.338 e. The lowest BCUT2D eigenvalue weighted by Gasteiger charge is -2.37. The van der Waals surface area contributed by atoms with Gasteiger partial charge in [0.2, 0.25) is 0 Å². The van der Waals surface area contributed by atoms with E-state index in [1.54, 1.807) is 0 Å². The highest BCUT2D eigenvalue weighted by atomic mass is 79.9. The zero-order valence-electron chi connectivity index (χ0n) is 20.1. The first-order chi connectivity index (χ1) is 18.2.